The van der Waals surface area contributed by atoms with Crippen LogP contribution in [-0.4, -0.2) is 31.9 Å². The number of methoxy groups -OCH3 is 1. The number of ether oxygens (including phenoxy) is 1. The first-order valence-electron chi connectivity index (χ1n) is 9.40. The number of piperidine rings is 1. The summed E-state index contributed by atoms with van der Waals surface area (Å²) in [5.41, 5.74) is 3.17. The van der Waals surface area contributed by atoms with Crippen LogP contribution in [0.2, 0.25) is 0 Å². The van der Waals surface area contributed by atoms with Crippen molar-refractivity contribution in [1.29, 1.82) is 0 Å². The van der Waals surface area contributed by atoms with Crippen LogP contribution in [0.4, 0.5) is 11.4 Å². The fourth-order valence-electron chi connectivity index (χ4n) is 3.49. The van der Waals surface area contributed by atoms with Crippen LogP contribution in [-0.2, 0) is 11.2 Å². The Morgan fingerprint density at radius 2 is 1.81 bits per heavy atom. The summed E-state index contributed by atoms with van der Waals surface area (Å²) in [6.45, 7) is 3.54. The Labute approximate surface area is 160 Å². The number of Topliss-reactive ketones (excluding diaryl/α,β-unsaturated/α-hetero) is 1. The van der Waals surface area contributed by atoms with Gasteiger partial charge in [-0.05, 0) is 56.5 Å². The van der Waals surface area contributed by atoms with Crippen molar-refractivity contribution >= 4 is 23.1 Å². The molecule has 27 heavy (non-hydrogen) atoms. The van der Waals surface area contributed by atoms with Gasteiger partial charge in [0.25, 0.3) is 0 Å². The van der Waals surface area contributed by atoms with Gasteiger partial charge in [-0.25, -0.2) is 0 Å². The minimum absolute atomic E-state index is 0.0326. The molecule has 1 heterocycles. The Kier molecular flexibility index (Phi) is 6.12. The number of amides is 1. The molecule has 0 spiro atoms. The molecule has 0 aromatic heterocycles. The third kappa shape index (κ3) is 4.67. The maximum Gasteiger partial charge on any atom is 0.228 e. The van der Waals surface area contributed by atoms with Gasteiger partial charge in [0.2, 0.25) is 5.91 Å². The van der Waals surface area contributed by atoms with Gasteiger partial charge in [-0.2, -0.15) is 0 Å². The largest absolute Gasteiger partial charge is 0.496 e. The maximum absolute atomic E-state index is 12.7. The molecule has 5 heteroatoms. The highest BCUT2D eigenvalue weighted by molar-refractivity contribution is 5.97. The molecule has 0 aliphatic carbocycles. The van der Waals surface area contributed by atoms with Gasteiger partial charge in [0.15, 0.2) is 5.78 Å². The number of hydrogen-bond donors (Lipinski definition) is 1. The van der Waals surface area contributed by atoms with Crippen molar-refractivity contribution < 1.29 is 14.3 Å². The Balaban J connectivity index is 1.77. The number of carbonyl (C=O) groups excluding carboxylic acids is 2. The summed E-state index contributed by atoms with van der Waals surface area (Å²) in [4.78, 5) is 26.7. The monoisotopic (exact) mass is 366 g/mol. The van der Waals surface area contributed by atoms with Gasteiger partial charge in [-0.1, -0.05) is 12.1 Å². The lowest BCUT2D eigenvalue weighted by Gasteiger charge is -2.30. The zero-order chi connectivity index (χ0) is 19.2. The second-order valence-corrected chi connectivity index (χ2v) is 6.87. The first-order valence-corrected chi connectivity index (χ1v) is 9.40. The van der Waals surface area contributed by atoms with Crippen molar-refractivity contribution in [1.82, 2.24) is 0 Å². The van der Waals surface area contributed by atoms with Gasteiger partial charge >= 0.3 is 0 Å². The summed E-state index contributed by atoms with van der Waals surface area (Å²) in [6.07, 6.45) is 3.77. The number of benzene rings is 2. The smallest absolute Gasteiger partial charge is 0.228 e. The van der Waals surface area contributed by atoms with Crippen LogP contribution in [0.3, 0.4) is 0 Å². The van der Waals surface area contributed by atoms with Crippen molar-refractivity contribution in [2.45, 2.75) is 32.6 Å². The number of rotatable bonds is 6. The Bertz CT molecular complexity index is 826. The molecule has 1 aliphatic rings. The number of carbonyl (C=O) groups is 2. The van der Waals surface area contributed by atoms with Gasteiger partial charge in [0, 0.05) is 24.2 Å². The zero-order valence-electron chi connectivity index (χ0n) is 16.0. The highest BCUT2D eigenvalue weighted by Crippen LogP contribution is 2.29. The number of para-hydroxylation sites is 2. The van der Waals surface area contributed by atoms with E-state index in [0.29, 0.717) is 16.9 Å². The predicted octanol–water partition coefficient (Wildman–Crippen LogP) is 4.07. The summed E-state index contributed by atoms with van der Waals surface area (Å²) in [5.74, 6) is 0.452. The van der Waals surface area contributed by atoms with Gasteiger partial charge in [0.1, 0.15) is 5.75 Å². The third-order valence-electron chi connectivity index (χ3n) is 4.91. The lowest BCUT2D eigenvalue weighted by atomic mass is 10.0. The summed E-state index contributed by atoms with van der Waals surface area (Å²) < 4.78 is 5.35. The van der Waals surface area contributed by atoms with Crippen LogP contribution in [0.1, 0.15) is 42.1 Å². The SMILES string of the molecule is COc1ccc(C(C)=O)cc1CC(=O)Nc1ccccc1N1CCCCC1. The number of nitrogens with one attached hydrogen (secondary N) is 1. The first kappa shape index (κ1) is 19.0. The molecule has 1 fully saturated rings. The Hall–Kier alpha value is -2.82. The summed E-state index contributed by atoms with van der Waals surface area (Å²) >= 11 is 0. The number of nitrogens with zero attached hydrogens (tertiary/aromatic N) is 1. The number of hydrogen-bond acceptors (Lipinski definition) is 4. The highest BCUT2D eigenvalue weighted by Gasteiger charge is 2.17. The van der Waals surface area contributed by atoms with Crippen LogP contribution >= 0.6 is 0 Å². The highest BCUT2D eigenvalue weighted by atomic mass is 16.5. The fourth-order valence-corrected chi connectivity index (χ4v) is 3.49. The minimum Gasteiger partial charge on any atom is -0.496 e. The Morgan fingerprint density at radius 1 is 1.07 bits per heavy atom. The Morgan fingerprint density at radius 3 is 2.52 bits per heavy atom. The third-order valence-corrected chi connectivity index (χ3v) is 4.91. The van der Waals surface area contributed by atoms with E-state index in [1.54, 1.807) is 25.3 Å². The molecule has 5 nitrogen and oxygen atoms in total. The molecule has 2 aromatic rings. The number of ketones is 1. The van der Waals surface area contributed by atoms with Gasteiger partial charge < -0.3 is 15.0 Å². The fraction of sp³-hybridized carbons (Fsp3) is 0.364. The molecule has 0 bridgehead atoms. The molecule has 1 amide bonds. The molecule has 142 valence electrons. The average Bonchev–Trinajstić information content (AvgIpc) is 2.69. The standard InChI is InChI=1S/C22H26N2O3/c1-16(25)17-10-11-21(27-2)18(14-17)15-22(26)23-19-8-4-5-9-20(19)24-12-6-3-7-13-24/h4-5,8-11,14H,3,6-7,12-13,15H2,1-2H3,(H,23,26). The van der Waals surface area contributed by atoms with Crippen LogP contribution in [0.25, 0.3) is 0 Å². The van der Waals surface area contributed by atoms with Crippen LogP contribution in [0, 0.1) is 0 Å². The second kappa shape index (κ2) is 8.71. The molecular weight excluding hydrogens is 340 g/mol. The van der Waals surface area contributed by atoms with Crippen molar-refractivity contribution in [3.05, 3.63) is 53.6 Å². The maximum atomic E-state index is 12.7. The molecular formula is C22H26N2O3. The quantitative estimate of drug-likeness (QED) is 0.783. The minimum atomic E-state index is -0.126. The van der Waals surface area contributed by atoms with E-state index >= 15 is 0 Å². The molecule has 3 rings (SSSR count). The first-order chi connectivity index (χ1) is 13.1. The molecule has 0 saturated carbocycles. The van der Waals surface area contributed by atoms with Crippen LogP contribution in [0.15, 0.2) is 42.5 Å². The molecule has 0 unspecified atom stereocenters. The molecule has 1 aliphatic heterocycles. The lowest BCUT2D eigenvalue weighted by Crippen LogP contribution is -2.30. The summed E-state index contributed by atoms with van der Waals surface area (Å²) in [6, 6.07) is 13.1. The summed E-state index contributed by atoms with van der Waals surface area (Å²) in [5, 5.41) is 3.04. The van der Waals surface area contributed by atoms with E-state index in [9.17, 15) is 9.59 Å². The van der Waals surface area contributed by atoms with E-state index in [0.717, 1.165) is 24.5 Å². The second-order valence-electron chi connectivity index (χ2n) is 6.87. The number of anilines is 2. The molecule has 0 atom stereocenters. The van der Waals surface area contributed by atoms with Crippen molar-refractivity contribution in [2.75, 3.05) is 30.4 Å². The van der Waals surface area contributed by atoms with E-state index in [1.165, 1.54) is 26.2 Å². The molecule has 0 radical (unpaired) electrons. The zero-order valence-corrected chi connectivity index (χ0v) is 16.0. The van der Waals surface area contributed by atoms with E-state index < -0.39 is 0 Å². The van der Waals surface area contributed by atoms with Crippen molar-refractivity contribution in [3.8, 4) is 5.75 Å². The lowest BCUT2D eigenvalue weighted by molar-refractivity contribution is -0.115. The van der Waals surface area contributed by atoms with Crippen LogP contribution < -0.4 is 15.0 Å². The molecule has 1 N–H and O–H groups in total. The van der Waals surface area contributed by atoms with Crippen LogP contribution in [0.5, 0.6) is 5.75 Å². The van der Waals surface area contributed by atoms with E-state index in [4.69, 9.17) is 4.74 Å². The van der Waals surface area contributed by atoms with Gasteiger partial charge in [-0.15, -0.1) is 0 Å². The molecule has 1 saturated heterocycles. The van der Waals surface area contributed by atoms with Gasteiger partial charge in [-0.3, -0.25) is 9.59 Å². The van der Waals surface area contributed by atoms with Crippen molar-refractivity contribution in [3.63, 3.8) is 0 Å². The average molecular weight is 366 g/mol. The van der Waals surface area contributed by atoms with E-state index in [2.05, 4.69) is 16.3 Å². The topological polar surface area (TPSA) is 58.6 Å². The summed E-state index contributed by atoms with van der Waals surface area (Å²) in [7, 11) is 1.57. The molecule has 2 aromatic carbocycles. The van der Waals surface area contributed by atoms with Gasteiger partial charge in [0.05, 0.1) is 24.9 Å². The predicted molar refractivity (Wildman–Crippen MR) is 108 cm³/mol. The van der Waals surface area contributed by atoms with E-state index in [1.807, 2.05) is 18.2 Å². The normalized spacial score (nSPS) is 13.9. The van der Waals surface area contributed by atoms with E-state index in [-0.39, 0.29) is 18.1 Å². The van der Waals surface area contributed by atoms with Crippen molar-refractivity contribution in [2.24, 2.45) is 0 Å².